The van der Waals surface area contributed by atoms with E-state index < -0.39 is 23.3 Å². The minimum atomic E-state index is -1.61. The number of halogens is 1. The molecule has 1 aliphatic rings. The number of carboxylic acids is 1. The number of carboxylic acid groups (broad SMARTS) is 1. The van der Waals surface area contributed by atoms with Crippen molar-refractivity contribution in [3.63, 3.8) is 0 Å². The van der Waals surface area contributed by atoms with E-state index in [1.165, 1.54) is 19.1 Å². The molecule has 2 atom stereocenters. The van der Waals surface area contributed by atoms with Gasteiger partial charge in [-0.2, -0.15) is 0 Å². The van der Waals surface area contributed by atoms with Gasteiger partial charge in [0, 0.05) is 5.92 Å². The van der Waals surface area contributed by atoms with Gasteiger partial charge in [-0.15, -0.1) is 0 Å². The lowest BCUT2D eigenvalue weighted by atomic mass is 9.80. The third kappa shape index (κ3) is 1.37. The van der Waals surface area contributed by atoms with Crippen LogP contribution in [-0.2, 0) is 4.79 Å². The highest BCUT2D eigenvalue weighted by molar-refractivity contribution is 5.83. The molecule has 0 amide bonds. The number of hydrogen-bond donors (Lipinski definition) is 2. The van der Waals surface area contributed by atoms with Gasteiger partial charge < -0.3 is 10.8 Å². The molecule has 0 aromatic rings. The fraction of sp³-hybridized carbons (Fsp3) is 0.444. The van der Waals surface area contributed by atoms with Gasteiger partial charge in [0.25, 0.3) is 0 Å². The molecule has 3 nitrogen and oxygen atoms in total. The zero-order valence-electron chi connectivity index (χ0n) is 7.54. The Balaban J connectivity index is 3.12. The fourth-order valence-electron chi connectivity index (χ4n) is 1.29. The van der Waals surface area contributed by atoms with Gasteiger partial charge in [0.1, 0.15) is 11.4 Å². The van der Waals surface area contributed by atoms with E-state index in [1.807, 2.05) is 0 Å². The number of allylic oxidation sites excluding steroid dienone is 2. The van der Waals surface area contributed by atoms with Gasteiger partial charge in [0.15, 0.2) is 0 Å². The van der Waals surface area contributed by atoms with Crippen molar-refractivity contribution in [1.29, 1.82) is 0 Å². The Morgan fingerprint density at radius 3 is 2.77 bits per heavy atom. The molecule has 0 spiro atoms. The number of hydrogen-bond acceptors (Lipinski definition) is 2. The molecule has 0 bridgehead atoms. The molecule has 0 aromatic carbocycles. The molecule has 1 aliphatic carbocycles. The molecule has 13 heavy (non-hydrogen) atoms. The average Bonchev–Trinajstić information content (AvgIpc) is 2.08. The number of nitrogens with two attached hydrogens (primary N) is 1. The summed E-state index contributed by atoms with van der Waals surface area (Å²) in [6.45, 7) is 3.06. The summed E-state index contributed by atoms with van der Waals surface area (Å²) in [6, 6.07) is 0. The van der Waals surface area contributed by atoms with Crippen LogP contribution in [0.15, 0.2) is 23.6 Å². The Labute approximate surface area is 75.7 Å². The van der Waals surface area contributed by atoms with Crippen molar-refractivity contribution in [2.75, 3.05) is 0 Å². The Hall–Kier alpha value is -1.16. The van der Waals surface area contributed by atoms with Crippen molar-refractivity contribution >= 4 is 5.97 Å². The van der Waals surface area contributed by atoms with E-state index in [0.717, 1.165) is 0 Å². The summed E-state index contributed by atoms with van der Waals surface area (Å²) in [7, 11) is 0. The van der Waals surface area contributed by atoms with Gasteiger partial charge in [-0.1, -0.05) is 19.1 Å². The first-order valence-corrected chi connectivity index (χ1v) is 3.97. The molecule has 2 unspecified atom stereocenters. The average molecular weight is 185 g/mol. The SMILES string of the molecule is CC1=C(F)C(C)C(N)(C(=O)O)C=C1. The second-order valence-electron chi connectivity index (χ2n) is 3.32. The summed E-state index contributed by atoms with van der Waals surface area (Å²) >= 11 is 0. The van der Waals surface area contributed by atoms with Crippen LogP contribution in [0.1, 0.15) is 13.8 Å². The smallest absolute Gasteiger partial charge is 0.328 e. The first kappa shape index (κ1) is 9.92. The fourth-order valence-corrected chi connectivity index (χ4v) is 1.29. The molecular weight excluding hydrogens is 173 g/mol. The largest absolute Gasteiger partial charge is 0.480 e. The van der Waals surface area contributed by atoms with Gasteiger partial charge >= 0.3 is 5.97 Å². The predicted octanol–water partition coefficient (Wildman–Crippen LogP) is 1.22. The van der Waals surface area contributed by atoms with Crippen LogP contribution in [0, 0.1) is 5.92 Å². The highest BCUT2D eigenvalue weighted by atomic mass is 19.1. The molecule has 72 valence electrons. The van der Waals surface area contributed by atoms with Crippen LogP contribution in [0.25, 0.3) is 0 Å². The van der Waals surface area contributed by atoms with Crippen LogP contribution in [0.3, 0.4) is 0 Å². The molecule has 3 N–H and O–H groups in total. The highest BCUT2D eigenvalue weighted by Crippen LogP contribution is 2.32. The predicted molar refractivity (Wildman–Crippen MR) is 46.7 cm³/mol. The molecule has 0 aromatic heterocycles. The molecular formula is C9H12FNO2. The maximum absolute atomic E-state index is 13.3. The van der Waals surface area contributed by atoms with E-state index in [1.54, 1.807) is 6.92 Å². The standard InChI is InChI=1S/C9H12FNO2/c1-5-3-4-9(11,8(12)13)6(2)7(5)10/h3-4,6H,11H2,1-2H3,(H,12,13). The van der Waals surface area contributed by atoms with E-state index in [2.05, 4.69) is 0 Å². The first-order valence-electron chi connectivity index (χ1n) is 3.97. The molecule has 0 aliphatic heterocycles. The molecule has 0 saturated carbocycles. The van der Waals surface area contributed by atoms with E-state index in [9.17, 15) is 9.18 Å². The van der Waals surface area contributed by atoms with Crippen LogP contribution in [-0.4, -0.2) is 16.6 Å². The highest BCUT2D eigenvalue weighted by Gasteiger charge is 2.42. The summed E-state index contributed by atoms with van der Waals surface area (Å²) < 4.78 is 13.3. The van der Waals surface area contributed by atoms with Gasteiger partial charge in [-0.25, -0.2) is 9.18 Å². The van der Waals surface area contributed by atoms with E-state index in [0.29, 0.717) is 5.57 Å². The normalized spacial score (nSPS) is 33.7. The lowest BCUT2D eigenvalue weighted by molar-refractivity contribution is -0.142. The maximum Gasteiger partial charge on any atom is 0.328 e. The third-order valence-electron chi connectivity index (χ3n) is 2.45. The van der Waals surface area contributed by atoms with Crippen LogP contribution in [0.4, 0.5) is 4.39 Å². The molecule has 0 saturated heterocycles. The third-order valence-corrected chi connectivity index (χ3v) is 2.45. The lowest BCUT2D eigenvalue weighted by Gasteiger charge is -2.30. The van der Waals surface area contributed by atoms with Crippen molar-refractivity contribution < 1.29 is 14.3 Å². The number of rotatable bonds is 1. The van der Waals surface area contributed by atoms with Crippen molar-refractivity contribution in [2.24, 2.45) is 11.7 Å². The summed E-state index contributed by atoms with van der Waals surface area (Å²) in [4.78, 5) is 10.8. The van der Waals surface area contributed by atoms with E-state index in [4.69, 9.17) is 10.8 Å². The monoisotopic (exact) mass is 185 g/mol. The summed E-state index contributed by atoms with van der Waals surface area (Å²) in [6.07, 6.45) is 2.74. The minimum Gasteiger partial charge on any atom is -0.480 e. The summed E-state index contributed by atoms with van der Waals surface area (Å²) in [5.74, 6) is -2.47. The molecule has 1 rings (SSSR count). The molecule has 0 radical (unpaired) electrons. The Morgan fingerprint density at radius 1 is 1.77 bits per heavy atom. The molecule has 0 heterocycles. The van der Waals surface area contributed by atoms with E-state index in [-0.39, 0.29) is 0 Å². The number of aliphatic carboxylic acids is 1. The van der Waals surface area contributed by atoms with Crippen molar-refractivity contribution in [1.82, 2.24) is 0 Å². The summed E-state index contributed by atoms with van der Waals surface area (Å²) in [5, 5.41) is 8.81. The second kappa shape index (κ2) is 2.96. The zero-order chi connectivity index (χ0) is 10.2. The van der Waals surface area contributed by atoms with Crippen molar-refractivity contribution in [3.05, 3.63) is 23.6 Å². The van der Waals surface area contributed by atoms with Crippen LogP contribution in [0.2, 0.25) is 0 Å². The summed E-state index contributed by atoms with van der Waals surface area (Å²) in [5.41, 5.74) is 4.37. The van der Waals surface area contributed by atoms with Crippen LogP contribution >= 0.6 is 0 Å². The minimum absolute atomic E-state index is 0.440. The van der Waals surface area contributed by atoms with Crippen LogP contribution in [0.5, 0.6) is 0 Å². The Bertz CT molecular complexity index is 309. The quantitative estimate of drug-likeness (QED) is 0.645. The Morgan fingerprint density at radius 2 is 2.31 bits per heavy atom. The van der Waals surface area contributed by atoms with Gasteiger partial charge in [0.2, 0.25) is 0 Å². The van der Waals surface area contributed by atoms with Crippen molar-refractivity contribution in [3.8, 4) is 0 Å². The zero-order valence-corrected chi connectivity index (χ0v) is 7.54. The molecule has 0 fully saturated rings. The number of carbonyl (C=O) groups is 1. The topological polar surface area (TPSA) is 63.3 Å². The van der Waals surface area contributed by atoms with Crippen LogP contribution < -0.4 is 5.73 Å². The second-order valence-corrected chi connectivity index (χ2v) is 3.32. The molecule has 4 heteroatoms. The van der Waals surface area contributed by atoms with Gasteiger partial charge in [-0.3, -0.25) is 0 Å². The maximum atomic E-state index is 13.3. The lowest BCUT2D eigenvalue weighted by Crippen LogP contribution is -2.52. The van der Waals surface area contributed by atoms with Gasteiger partial charge in [0.05, 0.1) is 0 Å². The van der Waals surface area contributed by atoms with Gasteiger partial charge in [-0.05, 0) is 12.5 Å². The van der Waals surface area contributed by atoms with E-state index >= 15 is 0 Å². The Kier molecular flexibility index (Phi) is 2.26. The van der Waals surface area contributed by atoms with Crippen molar-refractivity contribution in [2.45, 2.75) is 19.4 Å². The first-order chi connectivity index (χ1) is 5.89.